The lowest BCUT2D eigenvalue weighted by Crippen LogP contribution is -2.49. The Labute approximate surface area is 92.0 Å². The molecule has 3 nitrogen and oxygen atoms in total. The van der Waals surface area contributed by atoms with E-state index in [1.54, 1.807) is 0 Å². The molecule has 0 aromatic carbocycles. The van der Waals surface area contributed by atoms with Crippen LogP contribution in [-0.4, -0.2) is 29.4 Å². The van der Waals surface area contributed by atoms with Gasteiger partial charge in [0.2, 0.25) is 5.91 Å². The van der Waals surface area contributed by atoms with Crippen molar-refractivity contribution in [2.24, 2.45) is 17.6 Å². The molecule has 0 aromatic heterocycles. The first-order chi connectivity index (χ1) is 7.13. The quantitative estimate of drug-likeness (QED) is 0.748. The zero-order chi connectivity index (χ0) is 11.0. The Balaban J connectivity index is 2.07. The monoisotopic (exact) mass is 210 g/mol. The first kappa shape index (κ1) is 10.9. The van der Waals surface area contributed by atoms with Gasteiger partial charge in [0.25, 0.3) is 0 Å². The molecule has 0 aliphatic carbocycles. The van der Waals surface area contributed by atoms with Crippen LogP contribution in [0, 0.1) is 11.8 Å². The molecule has 0 saturated carbocycles. The maximum absolute atomic E-state index is 12.0. The van der Waals surface area contributed by atoms with Gasteiger partial charge in [-0.15, -0.1) is 0 Å². The predicted octanol–water partition coefficient (Wildman–Crippen LogP) is 1.37. The Morgan fingerprint density at radius 1 is 1.33 bits per heavy atom. The predicted molar refractivity (Wildman–Crippen MR) is 60.3 cm³/mol. The highest BCUT2D eigenvalue weighted by atomic mass is 16.2. The lowest BCUT2D eigenvalue weighted by atomic mass is 9.90. The minimum atomic E-state index is 0.141. The molecule has 2 unspecified atom stereocenters. The Bertz CT molecular complexity index is 238. The summed E-state index contributed by atoms with van der Waals surface area (Å²) in [6, 6.07) is 0.986. The van der Waals surface area contributed by atoms with E-state index in [0.29, 0.717) is 23.9 Å². The largest absolute Gasteiger partial charge is 0.336 e. The molecule has 2 rings (SSSR count). The van der Waals surface area contributed by atoms with Crippen molar-refractivity contribution >= 4 is 5.91 Å². The van der Waals surface area contributed by atoms with Crippen LogP contribution in [-0.2, 0) is 4.79 Å². The number of carbonyl (C=O) groups is 1. The summed E-state index contributed by atoms with van der Waals surface area (Å²) in [6.45, 7) is 4.78. The molecular formula is C12H22N2O. The molecule has 2 bridgehead atoms. The molecule has 86 valence electrons. The van der Waals surface area contributed by atoms with E-state index in [1.165, 1.54) is 12.8 Å². The van der Waals surface area contributed by atoms with Gasteiger partial charge in [-0.05, 0) is 38.1 Å². The van der Waals surface area contributed by atoms with E-state index in [1.807, 2.05) is 13.8 Å². The van der Waals surface area contributed by atoms with E-state index in [-0.39, 0.29) is 5.92 Å². The second-order valence-electron chi connectivity index (χ2n) is 5.36. The normalized spacial score (nSPS) is 34.9. The summed E-state index contributed by atoms with van der Waals surface area (Å²) in [5.74, 6) is 1.14. The van der Waals surface area contributed by atoms with Crippen molar-refractivity contribution in [3.63, 3.8) is 0 Å². The number of carbonyl (C=O) groups excluding carboxylic acids is 1. The Morgan fingerprint density at radius 2 is 1.87 bits per heavy atom. The van der Waals surface area contributed by atoms with E-state index in [9.17, 15) is 4.79 Å². The smallest absolute Gasteiger partial charge is 0.225 e. The second-order valence-corrected chi connectivity index (χ2v) is 5.36. The van der Waals surface area contributed by atoms with Crippen LogP contribution in [0.1, 0.15) is 39.5 Å². The highest BCUT2D eigenvalue weighted by Gasteiger charge is 2.42. The topological polar surface area (TPSA) is 46.3 Å². The van der Waals surface area contributed by atoms with Crippen LogP contribution in [0.25, 0.3) is 0 Å². The third kappa shape index (κ3) is 1.89. The lowest BCUT2D eigenvalue weighted by molar-refractivity contribution is -0.139. The molecule has 2 saturated heterocycles. The summed E-state index contributed by atoms with van der Waals surface area (Å²) in [4.78, 5) is 14.2. The number of hydrogen-bond donors (Lipinski definition) is 1. The van der Waals surface area contributed by atoms with Crippen molar-refractivity contribution in [3.05, 3.63) is 0 Å². The molecule has 2 aliphatic rings. The number of piperidine rings is 1. The van der Waals surface area contributed by atoms with E-state index < -0.39 is 0 Å². The molecule has 2 aliphatic heterocycles. The van der Waals surface area contributed by atoms with Crippen LogP contribution in [0.15, 0.2) is 0 Å². The average Bonchev–Trinajstić information content (AvgIpc) is 2.47. The van der Waals surface area contributed by atoms with Crippen molar-refractivity contribution in [1.82, 2.24) is 4.90 Å². The summed E-state index contributed by atoms with van der Waals surface area (Å²) in [6.07, 6.45) is 4.65. The van der Waals surface area contributed by atoms with Gasteiger partial charge in [-0.1, -0.05) is 13.8 Å². The first-order valence-corrected chi connectivity index (χ1v) is 6.15. The molecule has 2 heterocycles. The van der Waals surface area contributed by atoms with Gasteiger partial charge in [-0.25, -0.2) is 0 Å². The number of fused-ring (bicyclic) bond motifs is 2. The van der Waals surface area contributed by atoms with Crippen molar-refractivity contribution in [2.75, 3.05) is 6.54 Å². The minimum Gasteiger partial charge on any atom is -0.336 e. The summed E-state index contributed by atoms with van der Waals surface area (Å²) in [5, 5.41) is 0. The highest BCUT2D eigenvalue weighted by Crippen LogP contribution is 2.38. The van der Waals surface area contributed by atoms with Crippen LogP contribution >= 0.6 is 0 Å². The summed E-state index contributed by atoms with van der Waals surface area (Å²) in [5.41, 5.74) is 5.73. The van der Waals surface area contributed by atoms with E-state index in [2.05, 4.69) is 4.90 Å². The minimum absolute atomic E-state index is 0.141. The van der Waals surface area contributed by atoms with Gasteiger partial charge in [0.05, 0.1) is 0 Å². The molecule has 0 spiro atoms. The zero-order valence-electron chi connectivity index (χ0n) is 9.78. The first-order valence-electron chi connectivity index (χ1n) is 6.15. The molecule has 2 N–H and O–H groups in total. The number of amides is 1. The molecular weight excluding hydrogens is 188 g/mol. The fraction of sp³-hybridized carbons (Fsp3) is 0.917. The standard InChI is InChI=1S/C12H22N2O/c1-8(2)12(15)14-10-3-4-11(14)6-9(5-10)7-13/h8-11H,3-7,13H2,1-2H3. The number of hydrogen-bond acceptors (Lipinski definition) is 2. The van der Waals surface area contributed by atoms with Crippen molar-refractivity contribution in [2.45, 2.75) is 51.6 Å². The second kappa shape index (κ2) is 4.12. The molecule has 2 atom stereocenters. The Kier molecular flexibility index (Phi) is 3.01. The van der Waals surface area contributed by atoms with Gasteiger partial charge in [0.1, 0.15) is 0 Å². The van der Waals surface area contributed by atoms with Crippen LogP contribution in [0.5, 0.6) is 0 Å². The highest BCUT2D eigenvalue weighted by molar-refractivity contribution is 5.79. The van der Waals surface area contributed by atoms with Gasteiger partial charge in [0.15, 0.2) is 0 Å². The fourth-order valence-electron chi connectivity index (χ4n) is 3.14. The third-order valence-corrected chi connectivity index (χ3v) is 3.91. The maximum Gasteiger partial charge on any atom is 0.225 e. The van der Waals surface area contributed by atoms with E-state index in [4.69, 9.17) is 5.73 Å². The molecule has 0 radical (unpaired) electrons. The van der Waals surface area contributed by atoms with Crippen LogP contribution in [0.3, 0.4) is 0 Å². The van der Waals surface area contributed by atoms with E-state index in [0.717, 1.165) is 19.4 Å². The third-order valence-electron chi connectivity index (χ3n) is 3.91. The zero-order valence-corrected chi connectivity index (χ0v) is 9.78. The number of nitrogens with zero attached hydrogens (tertiary/aromatic N) is 1. The SMILES string of the molecule is CC(C)C(=O)N1C2CCC1CC(CN)C2. The van der Waals surface area contributed by atoms with Crippen molar-refractivity contribution in [1.29, 1.82) is 0 Å². The van der Waals surface area contributed by atoms with Gasteiger partial charge < -0.3 is 10.6 Å². The molecule has 2 fully saturated rings. The fourth-order valence-corrected chi connectivity index (χ4v) is 3.14. The van der Waals surface area contributed by atoms with Crippen molar-refractivity contribution in [3.8, 4) is 0 Å². The van der Waals surface area contributed by atoms with Gasteiger partial charge in [-0.2, -0.15) is 0 Å². The molecule has 15 heavy (non-hydrogen) atoms. The van der Waals surface area contributed by atoms with Crippen molar-refractivity contribution < 1.29 is 4.79 Å². The average molecular weight is 210 g/mol. The van der Waals surface area contributed by atoms with Crippen LogP contribution in [0.2, 0.25) is 0 Å². The lowest BCUT2D eigenvalue weighted by Gasteiger charge is -2.39. The Hall–Kier alpha value is -0.570. The summed E-state index contributed by atoms with van der Waals surface area (Å²) < 4.78 is 0. The summed E-state index contributed by atoms with van der Waals surface area (Å²) >= 11 is 0. The van der Waals surface area contributed by atoms with Crippen LogP contribution in [0.4, 0.5) is 0 Å². The maximum atomic E-state index is 12.0. The molecule has 1 amide bonds. The molecule has 0 aromatic rings. The Morgan fingerprint density at radius 3 is 2.27 bits per heavy atom. The van der Waals surface area contributed by atoms with Crippen LogP contribution < -0.4 is 5.73 Å². The van der Waals surface area contributed by atoms with Gasteiger partial charge >= 0.3 is 0 Å². The van der Waals surface area contributed by atoms with Gasteiger partial charge in [-0.3, -0.25) is 4.79 Å². The summed E-state index contributed by atoms with van der Waals surface area (Å²) in [7, 11) is 0. The number of rotatable bonds is 2. The number of nitrogens with two attached hydrogens (primary N) is 1. The van der Waals surface area contributed by atoms with Gasteiger partial charge in [0, 0.05) is 18.0 Å². The molecule has 3 heteroatoms. The van der Waals surface area contributed by atoms with E-state index >= 15 is 0 Å².